The molecule has 1 aliphatic rings. The van der Waals surface area contributed by atoms with Crippen molar-refractivity contribution in [1.82, 2.24) is 4.31 Å². The molecular formula is C10H13NS. The van der Waals surface area contributed by atoms with Gasteiger partial charge in [0, 0.05) is 12.3 Å². The monoisotopic (exact) mass is 179 g/mol. The lowest BCUT2D eigenvalue weighted by Crippen LogP contribution is -2.07. The van der Waals surface area contributed by atoms with Crippen LogP contribution in [-0.4, -0.2) is 17.1 Å². The molecule has 1 nitrogen and oxygen atoms in total. The Kier molecular flexibility index (Phi) is 2.38. The van der Waals surface area contributed by atoms with Gasteiger partial charge >= 0.3 is 0 Å². The van der Waals surface area contributed by atoms with Crippen molar-refractivity contribution in [2.75, 3.05) is 12.8 Å². The van der Waals surface area contributed by atoms with Crippen molar-refractivity contribution in [3.8, 4) is 0 Å². The molecular weight excluding hydrogens is 166 g/mol. The Labute approximate surface area is 77.9 Å². The zero-order valence-electron chi connectivity index (χ0n) is 7.29. The molecule has 0 saturated carbocycles. The molecule has 1 aromatic carbocycles. The number of nitrogens with zero attached hydrogens (tertiary/aromatic N) is 1. The Morgan fingerprint density at radius 3 is 2.83 bits per heavy atom. The zero-order chi connectivity index (χ0) is 8.39. The first-order chi connectivity index (χ1) is 5.86. The Morgan fingerprint density at radius 2 is 2.00 bits per heavy atom. The van der Waals surface area contributed by atoms with Crippen LogP contribution in [0.1, 0.15) is 11.1 Å². The van der Waals surface area contributed by atoms with Crippen molar-refractivity contribution in [1.29, 1.82) is 0 Å². The number of hydrogen-bond acceptors (Lipinski definition) is 2. The molecule has 12 heavy (non-hydrogen) atoms. The van der Waals surface area contributed by atoms with Crippen LogP contribution in [-0.2, 0) is 13.0 Å². The van der Waals surface area contributed by atoms with E-state index in [0.29, 0.717) is 0 Å². The van der Waals surface area contributed by atoms with E-state index in [4.69, 9.17) is 0 Å². The second-order valence-electron chi connectivity index (χ2n) is 3.14. The maximum atomic E-state index is 2.31. The van der Waals surface area contributed by atoms with Crippen molar-refractivity contribution in [3.63, 3.8) is 0 Å². The molecule has 0 bridgehead atoms. The standard InChI is InChI=1S/C10H13NS/c1-11-8-10-5-3-2-4-9(10)6-7-12-11/h2-5H,6-8H2,1H3. The van der Waals surface area contributed by atoms with E-state index < -0.39 is 0 Å². The van der Waals surface area contributed by atoms with Crippen LogP contribution >= 0.6 is 11.9 Å². The molecule has 0 aromatic heterocycles. The van der Waals surface area contributed by atoms with Gasteiger partial charge in [-0.1, -0.05) is 36.2 Å². The van der Waals surface area contributed by atoms with Gasteiger partial charge < -0.3 is 0 Å². The number of rotatable bonds is 0. The fourth-order valence-corrected chi connectivity index (χ4v) is 2.41. The normalized spacial score (nSPS) is 18.4. The van der Waals surface area contributed by atoms with Gasteiger partial charge in [0.1, 0.15) is 0 Å². The van der Waals surface area contributed by atoms with Crippen LogP contribution in [0.3, 0.4) is 0 Å². The third kappa shape index (κ3) is 1.65. The molecule has 0 amide bonds. The van der Waals surface area contributed by atoms with Crippen LogP contribution in [0.2, 0.25) is 0 Å². The van der Waals surface area contributed by atoms with Crippen LogP contribution < -0.4 is 0 Å². The highest BCUT2D eigenvalue weighted by Gasteiger charge is 2.09. The van der Waals surface area contributed by atoms with Gasteiger partial charge in [-0.15, -0.1) is 0 Å². The van der Waals surface area contributed by atoms with Crippen LogP contribution in [0.15, 0.2) is 24.3 Å². The third-order valence-corrected chi connectivity index (χ3v) is 3.15. The van der Waals surface area contributed by atoms with Gasteiger partial charge in [-0.3, -0.25) is 0 Å². The smallest absolute Gasteiger partial charge is 0.0340 e. The summed E-state index contributed by atoms with van der Waals surface area (Å²) in [6.07, 6.45) is 1.21. The van der Waals surface area contributed by atoms with E-state index in [1.165, 1.54) is 23.3 Å². The molecule has 1 aromatic rings. The molecule has 1 aliphatic heterocycles. The summed E-state index contributed by atoms with van der Waals surface area (Å²) in [5, 5.41) is 0. The summed E-state index contributed by atoms with van der Waals surface area (Å²) in [7, 11) is 2.16. The molecule has 0 spiro atoms. The highest BCUT2D eigenvalue weighted by Crippen LogP contribution is 2.22. The lowest BCUT2D eigenvalue weighted by Gasteiger charge is -2.11. The van der Waals surface area contributed by atoms with E-state index in [0.717, 1.165) is 6.54 Å². The number of benzene rings is 1. The Morgan fingerprint density at radius 1 is 1.25 bits per heavy atom. The van der Waals surface area contributed by atoms with E-state index in [9.17, 15) is 0 Å². The Balaban J connectivity index is 2.31. The van der Waals surface area contributed by atoms with Crippen LogP contribution in [0, 0.1) is 0 Å². The largest absolute Gasteiger partial charge is 0.249 e. The first-order valence-corrected chi connectivity index (χ1v) is 5.21. The van der Waals surface area contributed by atoms with Gasteiger partial charge in [-0.05, 0) is 24.6 Å². The minimum Gasteiger partial charge on any atom is -0.249 e. The molecule has 2 heteroatoms. The Bertz CT molecular complexity index is 272. The van der Waals surface area contributed by atoms with E-state index in [-0.39, 0.29) is 0 Å². The van der Waals surface area contributed by atoms with Gasteiger partial charge in [0.25, 0.3) is 0 Å². The van der Waals surface area contributed by atoms with Crippen molar-refractivity contribution in [2.45, 2.75) is 13.0 Å². The van der Waals surface area contributed by atoms with Gasteiger partial charge in [0.2, 0.25) is 0 Å². The highest BCUT2D eigenvalue weighted by molar-refractivity contribution is 7.96. The maximum Gasteiger partial charge on any atom is 0.0340 e. The topological polar surface area (TPSA) is 3.24 Å². The van der Waals surface area contributed by atoms with Crippen molar-refractivity contribution >= 4 is 11.9 Å². The minimum absolute atomic E-state index is 1.08. The van der Waals surface area contributed by atoms with Gasteiger partial charge in [-0.25, -0.2) is 4.31 Å². The predicted molar refractivity (Wildman–Crippen MR) is 54.1 cm³/mol. The fourth-order valence-electron chi connectivity index (χ4n) is 1.55. The molecule has 64 valence electrons. The summed E-state index contributed by atoms with van der Waals surface area (Å²) in [6, 6.07) is 8.74. The molecule has 2 rings (SSSR count). The third-order valence-electron chi connectivity index (χ3n) is 2.19. The average Bonchev–Trinajstić information content (AvgIpc) is 2.25. The number of hydrogen-bond donors (Lipinski definition) is 0. The molecule has 1 heterocycles. The number of fused-ring (bicyclic) bond motifs is 1. The van der Waals surface area contributed by atoms with Crippen LogP contribution in [0.4, 0.5) is 0 Å². The molecule has 0 unspecified atom stereocenters. The van der Waals surface area contributed by atoms with Crippen LogP contribution in [0.5, 0.6) is 0 Å². The quantitative estimate of drug-likeness (QED) is 0.562. The average molecular weight is 179 g/mol. The Hall–Kier alpha value is -0.470. The van der Waals surface area contributed by atoms with E-state index >= 15 is 0 Å². The molecule has 0 saturated heterocycles. The minimum atomic E-state index is 1.08. The van der Waals surface area contributed by atoms with Crippen LogP contribution in [0.25, 0.3) is 0 Å². The summed E-state index contributed by atoms with van der Waals surface area (Å²) in [5.74, 6) is 1.22. The lowest BCUT2D eigenvalue weighted by molar-refractivity contribution is 0.567. The first-order valence-electron chi connectivity index (χ1n) is 4.27. The van der Waals surface area contributed by atoms with Gasteiger partial charge in [0.05, 0.1) is 0 Å². The second kappa shape index (κ2) is 3.50. The molecule has 0 radical (unpaired) electrons. The summed E-state index contributed by atoms with van der Waals surface area (Å²) in [5.41, 5.74) is 3.01. The maximum absolute atomic E-state index is 2.31. The fraction of sp³-hybridized carbons (Fsp3) is 0.400. The molecule has 0 fully saturated rings. The lowest BCUT2D eigenvalue weighted by atomic mass is 10.1. The summed E-state index contributed by atoms with van der Waals surface area (Å²) < 4.78 is 2.31. The van der Waals surface area contributed by atoms with Crippen molar-refractivity contribution < 1.29 is 0 Å². The van der Waals surface area contributed by atoms with E-state index in [2.05, 4.69) is 35.6 Å². The van der Waals surface area contributed by atoms with E-state index in [1.807, 2.05) is 11.9 Å². The van der Waals surface area contributed by atoms with Crippen molar-refractivity contribution in [3.05, 3.63) is 35.4 Å². The summed E-state index contributed by atoms with van der Waals surface area (Å²) in [6.45, 7) is 1.08. The second-order valence-corrected chi connectivity index (χ2v) is 4.43. The SMILES string of the molecule is CN1Cc2ccccc2CCS1. The van der Waals surface area contributed by atoms with Crippen molar-refractivity contribution in [2.24, 2.45) is 0 Å². The zero-order valence-corrected chi connectivity index (χ0v) is 8.10. The highest BCUT2D eigenvalue weighted by atomic mass is 32.2. The molecule has 0 atom stereocenters. The molecule has 0 aliphatic carbocycles. The number of aryl methyl sites for hydroxylation is 1. The summed E-state index contributed by atoms with van der Waals surface area (Å²) >= 11 is 1.93. The van der Waals surface area contributed by atoms with E-state index in [1.54, 1.807) is 0 Å². The summed E-state index contributed by atoms with van der Waals surface area (Å²) in [4.78, 5) is 0. The van der Waals surface area contributed by atoms with Gasteiger partial charge in [0.15, 0.2) is 0 Å². The van der Waals surface area contributed by atoms with Gasteiger partial charge in [-0.2, -0.15) is 0 Å². The first kappa shape index (κ1) is 8.14. The molecule has 0 N–H and O–H groups in total. The predicted octanol–water partition coefficient (Wildman–Crippen LogP) is 2.32.